The van der Waals surface area contributed by atoms with Crippen molar-refractivity contribution in [1.82, 2.24) is 18.3 Å². The second-order valence-corrected chi connectivity index (χ2v) is 21.6. The van der Waals surface area contributed by atoms with Gasteiger partial charge in [0.05, 0.1) is 43.1 Å². The van der Waals surface area contributed by atoms with E-state index in [1.165, 1.54) is 143 Å². The largest absolute Gasteiger partial charge is 0.274 e. The number of rotatable bonds is 29. The van der Waals surface area contributed by atoms with Gasteiger partial charge in [0.1, 0.15) is 0 Å². The number of unbranched alkanes of at least 4 members (excludes halogenated alkanes) is 17. The number of benzene rings is 2. The first-order valence-electron chi connectivity index (χ1n) is 28.1. The van der Waals surface area contributed by atoms with Crippen LogP contribution in [-0.4, -0.2) is 30.1 Å². The van der Waals surface area contributed by atoms with E-state index in [0.29, 0.717) is 27.9 Å². The Kier molecular flexibility index (Phi) is 19.3. The van der Waals surface area contributed by atoms with Crippen molar-refractivity contribution in [3.8, 4) is 0 Å². The summed E-state index contributed by atoms with van der Waals surface area (Å²) >= 11 is 0. The third-order valence-electron chi connectivity index (χ3n) is 16.7. The molecule has 4 heterocycles. The minimum atomic E-state index is -0.769. The van der Waals surface area contributed by atoms with E-state index in [9.17, 15) is 47.9 Å². The number of aromatic nitrogens is 4. The molecule has 4 atom stereocenters. The predicted octanol–water partition coefficient (Wildman–Crippen LogP) is 10.2. The van der Waals surface area contributed by atoms with Crippen molar-refractivity contribution in [2.45, 2.75) is 214 Å². The highest BCUT2D eigenvalue weighted by Gasteiger charge is 2.38. The van der Waals surface area contributed by atoms with Gasteiger partial charge >= 0.3 is 0 Å². The van der Waals surface area contributed by atoms with Gasteiger partial charge in [0.15, 0.2) is 0 Å². The maximum absolute atomic E-state index is 13.3. The molecule has 0 amide bonds. The number of hydrogen-bond acceptors (Lipinski definition) is 10. The van der Waals surface area contributed by atoms with Gasteiger partial charge in [-0.25, -0.2) is 9.13 Å². The first kappa shape index (κ1) is 55.1. The highest BCUT2D eigenvalue weighted by atomic mass is 16.2. The normalized spacial score (nSPS) is 17.3. The molecule has 14 heteroatoms. The zero-order valence-corrected chi connectivity index (χ0v) is 44.0. The molecule has 394 valence electrons. The monoisotopic (exact) mass is 1000 g/mol. The minimum absolute atomic E-state index is 0.0224. The van der Waals surface area contributed by atoms with Gasteiger partial charge in [-0.1, -0.05) is 149 Å². The Balaban J connectivity index is 0.921. The maximum Gasteiger partial charge on any atom is 0.268 e. The molecule has 1 fully saturated rings. The van der Waals surface area contributed by atoms with Crippen molar-refractivity contribution in [1.29, 1.82) is 0 Å². The number of carbonyl (C=O) groups excluding carboxylic acids is 2. The molecule has 1 aliphatic rings. The standard InChI is InChI=1S/C59H78N4O10/c1-5-7-9-11-16-22-28-42-40(26-20-10-8-6-2)30-31-41(27-21-15-14-19-25-33-61-54(68)46-36-50-51(37-47(46)55(61)69)59(73)63(39(4)65)58(50)72)43(42)29-23-17-12-13-18-24-32-60-52(66)44-34-48-49(35-45(44)53(60)67)57(71)62(38(3)64)56(48)70/h34-37,40-43H,5-33H2,1-4H3. The van der Waals surface area contributed by atoms with Crippen molar-refractivity contribution in [2.24, 2.45) is 23.7 Å². The van der Waals surface area contributed by atoms with Gasteiger partial charge in [0.25, 0.3) is 44.5 Å². The molecule has 73 heavy (non-hydrogen) atoms. The van der Waals surface area contributed by atoms with Crippen LogP contribution in [0.3, 0.4) is 0 Å². The highest BCUT2D eigenvalue weighted by Crippen LogP contribution is 2.48. The molecule has 14 nitrogen and oxygen atoms in total. The van der Waals surface area contributed by atoms with Crippen molar-refractivity contribution >= 4 is 54.9 Å². The van der Waals surface area contributed by atoms with Crippen molar-refractivity contribution < 1.29 is 9.59 Å². The first-order valence-corrected chi connectivity index (χ1v) is 28.1. The van der Waals surface area contributed by atoms with Crippen molar-refractivity contribution in [3.05, 3.63) is 107 Å². The van der Waals surface area contributed by atoms with Crippen LogP contribution in [0.15, 0.2) is 62.6 Å². The molecule has 0 aliphatic heterocycles. The Labute approximate surface area is 426 Å². The zero-order chi connectivity index (χ0) is 52.3. The molecule has 6 aromatic rings. The Morgan fingerprint density at radius 3 is 0.904 bits per heavy atom. The molecule has 2 aromatic carbocycles. The van der Waals surface area contributed by atoms with Gasteiger partial charge < -0.3 is 0 Å². The van der Waals surface area contributed by atoms with E-state index in [2.05, 4.69) is 13.8 Å². The van der Waals surface area contributed by atoms with Gasteiger partial charge in [-0.15, -0.1) is 0 Å². The van der Waals surface area contributed by atoms with Crippen LogP contribution in [0.1, 0.15) is 211 Å². The summed E-state index contributed by atoms with van der Waals surface area (Å²) in [7, 11) is 0. The summed E-state index contributed by atoms with van der Waals surface area (Å²) in [6, 6.07) is 5.18. The topological polar surface area (TPSA) is 190 Å². The highest BCUT2D eigenvalue weighted by molar-refractivity contribution is 6.00. The third-order valence-corrected chi connectivity index (χ3v) is 16.7. The van der Waals surface area contributed by atoms with Gasteiger partial charge in [-0.3, -0.25) is 57.1 Å². The number of hydrogen-bond donors (Lipinski definition) is 0. The van der Waals surface area contributed by atoms with Gasteiger partial charge in [0.2, 0.25) is 11.8 Å². The SMILES string of the molecule is CCCCCCCCC1C(CCCCCC)CCC(CCCCCCCn2c(=O)c3cc4c(=O)n(C(C)=O)c(=O)c4cc3c2=O)C1CCCCCCCCn1c(=O)c2cc3c(=O)n(C(C)=O)c(=O)c3cc2c1=O. The predicted molar refractivity (Wildman–Crippen MR) is 292 cm³/mol. The number of fused-ring (bicyclic) bond motifs is 4. The van der Waals surface area contributed by atoms with E-state index >= 15 is 0 Å². The van der Waals surface area contributed by atoms with E-state index in [4.69, 9.17) is 0 Å². The lowest BCUT2D eigenvalue weighted by Crippen LogP contribution is -2.35. The summed E-state index contributed by atoms with van der Waals surface area (Å²) in [6.07, 6.45) is 31.7. The lowest BCUT2D eigenvalue weighted by atomic mass is 9.61. The van der Waals surface area contributed by atoms with Gasteiger partial charge in [-0.05, 0) is 86.5 Å². The van der Waals surface area contributed by atoms with Crippen LogP contribution >= 0.6 is 0 Å². The Hall–Kier alpha value is -5.66. The van der Waals surface area contributed by atoms with Gasteiger partial charge in [-0.2, -0.15) is 0 Å². The Bertz CT molecular complexity index is 3180. The second-order valence-electron chi connectivity index (χ2n) is 21.6. The molecule has 0 spiro atoms. The maximum atomic E-state index is 13.3. The molecule has 0 bridgehead atoms. The molecule has 4 aromatic heterocycles. The van der Waals surface area contributed by atoms with E-state index in [1.807, 2.05) is 0 Å². The smallest absolute Gasteiger partial charge is 0.268 e. The lowest BCUT2D eigenvalue weighted by Gasteiger charge is -2.44. The van der Waals surface area contributed by atoms with Crippen LogP contribution in [0.5, 0.6) is 0 Å². The van der Waals surface area contributed by atoms with Gasteiger partial charge in [0, 0.05) is 26.9 Å². The Morgan fingerprint density at radius 2 is 0.603 bits per heavy atom. The quantitative estimate of drug-likeness (QED) is 0.0409. The Morgan fingerprint density at radius 1 is 0.356 bits per heavy atom. The van der Waals surface area contributed by atoms with Crippen LogP contribution in [-0.2, 0) is 13.1 Å². The summed E-state index contributed by atoms with van der Waals surface area (Å²) in [5, 5.41) is 0.315. The second kappa shape index (κ2) is 25.5. The third kappa shape index (κ3) is 12.2. The van der Waals surface area contributed by atoms with Crippen LogP contribution in [0.25, 0.3) is 43.1 Å². The molecule has 0 saturated heterocycles. The molecular weight excluding hydrogens is 925 g/mol. The van der Waals surface area contributed by atoms with Crippen LogP contribution in [0, 0.1) is 23.7 Å². The van der Waals surface area contributed by atoms with Crippen LogP contribution in [0.4, 0.5) is 0 Å². The van der Waals surface area contributed by atoms with Crippen LogP contribution in [0.2, 0.25) is 0 Å². The summed E-state index contributed by atoms with van der Waals surface area (Å²) in [5.74, 6) is 1.58. The van der Waals surface area contributed by atoms with Crippen molar-refractivity contribution in [2.75, 3.05) is 0 Å². The summed E-state index contributed by atoms with van der Waals surface area (Å²) in [6.45, 7) is 7.35. The molecule has 4 unspecified atom stereocenters. The van der Waals surface area contributed by atoms with E-state index in [-0.39, 0.29) is 56.2 Å². The summed E-state index contributed by atoms with van der Waals surface area (Å²) < 4.78 is 3.52. The fourth-order valence-electron chi connectivity index (χ4n) is 12.8. The summed E-state index contributed by atoms with van der Waals surface area (Å²) in [5.41, 5.74) is -4.96. The molecule has 7 rings (SSSR count). The zero-order valence-electron chi connectivity index (χ0n) is 44.0. The van der Waals surface area contributed by atoms with E-state index in [0.717, 1.165) is 83.0 Å². The summed E-state index contributed by atoms with van der Waals surface area (Å²) in [4.78, 5) is 128. The average molecular weight is 1000 g/mol. The lowest BCUT2D eigenvalue weighted by molar-refractivity contribution is 0.0581. The fourth-order valence-corrected chi connectivity index (χ4v) is 12.8. The first-order chi connectivity index (χ1) is 35.2. The van der Waals surface area contributed by atoms with Crippen LogP contribution < -0.4 is 44.5 Å². The molecule has 1 saturated carbocycles. The fraction of sp³-hybridized carbons (Fsp3) is 0.627. The number of nitrogens with zero attached hydrogens (tertiary/aromatic N) is 4. The molecular formula is C59H78N4O10. The van der Waals surface area contributed by atoms with E-state index in [1.54, 1.807) is 0 Å². The minimum Gasteiger partial charge on any atom is -0.274 e. The average Bonchev–Trinajstić information content (AvgIpc) is 3.96. The van der Waals surface area contributed by atoms with E-state index < -0.39 is 56.3 Å². The molecule has 0 N–H and O–H groups in total. The molecule has 1 aliphatic carbocycles. The number of carbonyl (C=O) groups is 2. The van der Waals surface area contributed by atoms with Crippen molar-refractivity contribution in [3.63, 3.8) is 0 Å². The molecule has 0 radical (unpaired) electrons.